The molecule has 116 valence electrons. The molecule has 1 heterocycles. The van der Waals surface area contributed by atoms with Crippen LogP contribution < -0.4 is 4.90 Å². The number of rotatable bonds is 5. The number of nitrogens with zero attached hydrogens (tertiary/aromatic N) is 2. The van der Waals surface area contributed by atoms with Gasteiger partial charge >= 0.3 is 5.97 Å². The van der Waals surface area contributed by atoms with Crippen LogP contribution in [-0.4, -0.2) is 48.7 Å². The van der Waals surface area contributed by atoms with Crippen molar-refractivity contribution >= 4 is 11.7 Å². The molecule has 0 aromatic heterocycles. The summed E-state index contributed by atoms with van der Waals surface area (Å²) in [7, 11) is 1.63. The van der Waals surface area contributed by atoms with Gasteiger partial charge in [-0.15, -0.1) is 0 Å². The minimum Gasteiger partial charge on any atom is -0.478 e. The summed E-state index contributed by atoms with van der Waals surface area (Å²) in [5.41, 5.74) is -0.541. The predicted octanol–water partition coefficient (Wildman–Crippen LogP) is 2.58. The number of hydrogen-bond acceptors (Lipinski definition) is 3. The van der Waals surface area contributed by atoms with Crippen molar-refractivity contribution in [3.63, 3.8) is 0 Å². The van der Waals surface area contributed by atoms with Gasteiger partial charge in [-0.05, 0) is 38.1 Å². The van der Waals surface area contributed by atoms with Gasteiger partial charge in [0.1, 0.15) is 17.3 Å². The first-order valence-electron chi connectivity index (χ1n) is 7.11. The van der Waals surface area contributed by atoms with Gasteiger partial charge in [0.25, 0.3) is 0 Å². The van der Waals surface area contributed by atoms with Crippen molar-refractivity contribution in [3.8, 4) is 0 Å². The Hall–Kier alpha value is -1.69. The Labute approximate surface area is 123 Å². The van der Waals surface area contributed by atoms with Crippen molar-refractivity contribution in [1.29, 1.82) is 0 Å². The van der Waals surface area contributed by atoms with Gasteiger partial charge in [-0.25, -0.2) is 13.6 Å². The van der Waals surface area contributed by atoms with Crippen LogP contribution in [0.3, 0.4) is 0 Å². The second-order valence-electron chi connectivity index (χ2n) is 5.40. The summed E-state index contributed by atoms with van der Waals surface area (Å²) in [5, 5.41) is 8.81. The summed E-state index contributed by atoms with van der Waals surface area (Å²) in [6.07, 6.45) is 2.10. The topological polar surface area (TPSA) is 43.8 Å². The van der Waals surface area contributed by atoms with Crippen LogP contribution >= 0.6 is 0 Å². The van der Waals surface area contributed by atoms with Crippen LogP contribution in [0.1, 0.15) is 30.1 Å². The molecule has 1 N–H and O–H groups in total. The van der Waals surface area contributed by atoms with E-state index in [0.29, 0.717) is 6.54 Å². The molecule has 21 heavy (non-hydrogen) atoms. The highest BCUT2D eigenvalue weighted by Crippen LogP contribution is 2.26. The number of anilines is 1. The number of halogens is 2. The summed E-state index contributed by atoms with van der Waals surface area (Å²) >= 11 is 0. The molecule has 1 aliphatic rings. The third-order valence-corrected chi connectivity index (χ3v) is 4.04. The highest BCUT2D eigenvalue weighted by molar-refractivity contribution is 5.88. The van der Waals surface area contributed by atoms with E-state index in [2.05, 4.69) is 11.8 Å². The minimum absolute atomic E-state index is 0.164. The van der Waals surface area contributed by atoms with E-state index in [-0.39, 0.29) is 17.3 Å². The maximum atomic E-state index is 14.0. The first kappa shape index (κ1) is 15.7. The van der Waals surface area contributed by atoms with Crippen LogP contribution in [0.25, 0.3) is 0 Å². The third-order valence-electron chi connectivity index (χ3n) is 4.04. The Kier molecular flexibility index (Phi) is 4.77. The fourth-order valence-corrected chi connectivity index (χ4v) is 2.98. The predicted molar refractivity (Wildman–Crippen MR) is 76.9 cm³/mol. The number of aromatic carboxylic acids is 1. The van der Waals surface area contributed by atoms with Crippen molar-refractivity contribution < 1.29 is 18.7 Å². The fourth-order valence-electron chi connectivity index (χ4n) is 2.98. The minimum atomic E-state index is -1.34. The van der Waals surface area contributed by atoms with Crippen molar-refractivity contribution in [3.05, 3.63) is 29.3 Å². The largest absolute Gasteiger partial charge is 0.478 e. The lowest BCUT2D eigenvalue weighted by atomic mass is 10.1. The number of carboxylic acids is 1. The Bertz CT molecular complexity index is 513. The molecule has 1 fully saturated rings. The van der Waals surface area contributed by atoms with Crippen molar-refractivity contribution in [2.45, 2.75) is 25.8 Å². The van der Waals surface area contributed by atoms with Gasteiger partial charge < -0.3 is 10.0 Å². The van der Waals surface area contributed by atoms with Gasteiger partial charge in [0.15, 0.2) is 0 Å². The first-order valence-corrected chi connectivity index (χ1v) is 7.11. The van der Waals surface area contributed by atoms with Crippen LogP contribution in [0, 0.1) is 11.6 Å². The Morgan fingerprint density at radius 2 is 2.05 bits per heavy atom. The van der Waals surface area contributed by atoms with Gasteiger partial charge in [0, 0.05) is 19.6 Å². The number of carbonyl (C=O) groups is 1. The molecule has 1 aliphatic heterocycles. The summed E-state index contributed by atoms with van der Waals surface area (Å²) in [6.45, 7) is 4.52. The summed E-state index contributed by atoms with van der Waals surface area (Å²) in [5.74, 6) is -3.01. The number of benzene rings is 1. The fraction of sp³-hybridized carbons (Fsp3) is 0.533. The molecular weight excluding hydrogens is 278 g/mol. The molecule has 1 aromatic rings. The average molecular weight is 298 g/mol. The SMILES string of the molecule is CCN1CCCC1CN(C)c1c(F)cc(C(=O)O)cc1F. The lowest BCUT2D eigenvalue weighted by molar-refractivity contribution is 0.0695. The molecule has 1 unspecified atom stereocenters. The van der Waals surface area contributed by atoms with E-state index in [1.54, 1.807) is 7.05 Å². The molecular formula is C15H20F2N2O2. The lowest BCUT2D eigenvalue weighted by Gasteiger charge is -2.29. The maximum Gasteiger partial charge on any atom is 0.335 e. The molecule has 6 heteroatoms. The zero-order valence-electron chi connectivity index (χ0n) is 12.3. The summed E-state index contributed by atoms with van der Waals surface area (Å²) < 4.78 is 28.0. The van der Waals surface area contributed by atoms with E-state index in [1.165, 1.54) is 4.90 Å². The number of likely N-dealkylation sites (tertiary alicyclic amines) is 1. The monoisotopic (exact) mass is 298 g/mol. The molecule has 0 bridgehead atoms. The van der Waals surface area contributed by atoms with Gasteiger partial charge in [0.2, 0.25) is 0 Å². The highest BCUT2D eigenvalue weighted by Gasteiger charge is 2.26. The van der Waals surface area contributed by atoms with Crippen molar-refractivity contribution in [1.82, 2.24) is 4.90 Å². The van der Waals surface area contributed by atoms with Gasteiger partial charge in [-0.1, -0.05) is 6.92 Å². The number of carboxylic acid groups (broad SMARTS) is 1. The molecule has 2 rings (SSSR count). The molecule has 0 amide bonds. The highest BCUT2D eigenvalue weighted by atomic mass is 19.1. The third kappa shape index (κ3) is 3.32. The smallest absolute Gasteiger partial charge is 0.335 e. The molecule has 4 nitrogen and oxygen atoms in total. The van der Waals surface area contributed by atoms with Gasteiger partial charge in [-0.3, -0.25) is 4.90 Å². The molecule has 1 aromatic carbocycles. The molecule has 0 saturated carbocycles. The van der Waals surface area contributed by atoms with E-state index >= 15 is 0 Å². The van der Waals surface area contributed by atoms with Crippen LogP contribution in [0.4, 0.5) is 14.5 Å². The van der Waals surface area contributed by atoms with E-state index in [0.717, 1.165) is 38.1 Å². The van der Waals surface area contributed by atoms with E-state index in [1.807, 2.05) is 0 Å². The van der Waals surface area contributed by atoms with Crippen molar-refractivity contribution in [2.24, 2.45) is 0 Å². The Morgan fingerprint density at radius 1 is 1.43 bits per heavy atom. The zero-order chi connectivity index (χ0) is 15.6. The van der Waals surface area contributed by atoms with Crippen LogP contribution in [0.15, 0.2) is 12.1 Å². The standard InChI is InChI=1S/C15H20F2N2O2/c1-3-19-6-4-5-11(19)9-18(2)14-12(16)7-10(15(20)21)8-13(14)17/h7-8,11H,3-6,9H2,1-2H3,(H,20,21). The molecule has 1 atom stereocenters. The lowest BCUT2D eigenvalue weighted by Crippen LogP contribution is -2.39. The maximum absolute atomic E-state index is 14.0. The van der Waals surface area contributed by atoms with Crippen LogP contribution in [-0.2, 0) is 0 Å². The Balaban J connectivity index is 2.19. The number of hydrogen-bond donors (Lipinski definition) is 1. The van der Waals surface area contributed by atoms with Gasteiger partial charge in [0.05, 0.1) is 5.56 Å². The average Bonchev–Trinajstić information content (AvgIpc) is 2.84. The van der Waals surface area contributed by atoms with E-state index < -0.39 is 17.6 Å². The molecule has 1 saturated heterocycles. The molecule has 0 spiro atoms. The van der Waals surface area contributed by atoms with E-state index in [9.17, 15) is 13.6 Å². The molecule has 0 aliphatic carbocycles. The van der Waals surface area contributed by atoms with E-state index in [4.69, 9.17) is 5.11 Å². The van der Waals surface area contributed by atoms with Crippen LogP contribution in [0.2, 0.25) is 0 Å². The number of likely N-dealkylation sites (N-methyl/N-ethyl adjacent to an activating group) is 2. The quantitative estimate of drug-likeness (QED) is 0.907. The zero-order valence-corrected chi connectivity index (χ0v) is 12.3. The Morgan fingerprint density at radius 3 is 2.57 bits per heavy atom. The molecule has 0 radical (unpaired) electrons. The van der Waals surface area contributed by atoms with Crippen molar-refractivity contribution in [2.75, 3.05) is 31.6 Å². The second-order valence-corrected chi connectivity index (χ2v) is 5.40. The van der Waals surface area contributed by atoms with Crippen LogP contribution in [0.5, 0.6) is 0 Å². The normalized spacial score (nSPS) is 19.0. The van der Waals surface area contributed by atoms with Gasteiger partial charge in [-0.2, -0.15) is 0 Å². The summed E-state index contributed by atoms with van der Waals surface area (Å²) in [4.78, 5) is 14.6. The second kappa shape index (κ2) is 6.39. The first-order chi connectivity index (χ1) is 9.93. The summed E-state index contributed by atoms with van der Waals surface area (Å²) in [6, 6.07) is 2.01.